The van der Waals surface area contributed by atoms with Crippen LogP contribution in [0.5, 0.6) is 11.5 Å². The van der Waals surface area contributed by atoms with Crippen LogP contribution in [0.4, 0.5) is 0 Å². The van der Waals surface area contributed by atoms with Crippen LogP contribution in [0, 0.1) is 10.8 Å². The van der Waals surface area contributed by atoms with Crippen LogP contribution in [0.1, 0.15) is 33.4 Å². The van der Waals surface area contributed by atoms with Gasteiger partial charge >= 0.3 is 0 Å². The summed E-state index contributed by atoms with van der Waals surface area (Å²) in [6.07, 6.45) is 3.46. The minimum atomic E-state index is -0.562. The van der Waals surface area contributed by atoms with Gasteiger partial charge in [-0.1, -0.05) is 109 Å². The Morgan fingerprint density at radius 2 is 1.12 bits per heavy atom. The van der Waals surface area contributed by atoms with Crippen molar-refractivity contribution in [3.8, 4) is 22.6 Å². The number of para-hydroxylation sites is 1. The van der Waals surface area contributed by atoms with E-state index in [1.54, 1.807) is 12.2 Å². The predicted molar refractivity (Wildman–Crippen MR) is 171 cm³/mol. The molecule has 1 aliphatic carbocycles. The summed E-state index contributed by atoms with van der Waals surface area (Å²) in [5.41, 5.74) is 8.81. The van der Waals surface area contributed by atoms with Gasteiger partial charge in [-0.05, 0) is 75.0 Å². The van der Waals surface area contributed by atoms with Gasteiger partial charge in [-0.25, -0.2) is 0 Å². The standard InChI is InChI=1S/C39H26N2O/c40-35(21-22-36(41)30-15-9-11-25-10-1-2-12-27(25)30)26-20-23-38-34(24-26)39(33-18-7-8-19-37(33)42-38)31-16-5-3-13-28(31)29-14-4-6-17-32(29)39/h1-24,40-41H/b22-21-,40-35?,41-36?. The van der Waals surface area contributed by atoms with Crippen molar-refractivity contribution in [3.05, 3.63) is 179 Å². The summed E-state index contributed by atoms with van der Waals surface area (Å²) in [6, 6.07) is 45.7. The Bertz CT molecular complexity index is 2070. The Morgan fingerprint density at radius 1 is 0.524 bits per heavy atom. The van der Waals surface area contributed by atoms with Crippen LogP contribution < -0.4 is 4.74 Å². The van der Waals surface area contributed by atoms with Crippen molar-refractivity contribution in [2.45, 2.75) is 5.41 Å². The van der Waals surface area contributed by atoms with Gasteiger partial charge in [0.2, 0.25) is 0 Å². The number of rotatable bonds is 4. The van der Waals surface area contributed by atoms with E-state index in [1.807, 2.05) is 54.6 Å². The molecule has 0 atom stereocenters. The molecule has 6 aromatic rings. The number of allylic oxidation sites excluding steroid dienone is 2. The molecule has 0 amide bonds. The summed E-state index contributed by atoms with van der Waals surface area (Å²) in [5.74, 6) is 1.65. The molecule has 0 bridgehead atoms. The molecule has 1 aliphatic heterocycles. The number of fused-ring (bicyclic) bond motifs is 10. The molecule has 2 N–H and O–H groups in total. The molecule has 1 spiro atoms. The zero-order valence-corrected chi connectivity index (χ0v) is 22.8. The van der Waals surface area contributed by atoms with Crippen molar-refractivity contribution < 1.29 is 4.74 Å². The SMILES string of the molecule is N=C(/C=C\C(=N)c1cccc2ccccc12)c1ccc2c(c1)C1(c3ccccc3O2)c2ccccc2-c2ccccc21. The Kier molecular flexibility index (Phi) is 5.35. The van der Waals surface area contributed by atoms with Crippen molar-refractivity contribution in [1.82, 2.24) is 0 Å². The Labute approximate surface area is 244 Å². The highest BCUT2D eigenvalue weighted by atomic mass is 16.5. The Morgan fingerprint density at radius 3 is 1.90 bits per heavy atom. The van der Waals surface area contributed by atoms with Gasteiger partial charge in [0, 0.05) is 16.7 Å². The van der Waals surface area contributed by atoms with E-state index in [-0.39, 0.29) is 0 Å². The second-order valence-electron chi connectivity index (χ2n) is 10.8. The quantitative estimate of drug-likeness (QED) is 0.216. The van der Waals surface area contributed by atoms with Gasteiger partial charge in [-0.3, -0.25) is 0 Å². The van der Waals surface area contributed by atoms with E-state index < -0.39 is 5.41 Å². The Hall–Kier alpha value is -5.54. The third-order valence-corrected chi connectivity index (χ3v) is 8.65. The van der Waals surface area contributed by atoms with E-state index in [4.69, 9.17) is 15.6 Å². The molecule has 0 radical (unpaired) electrons. The minimum absolute atomic E-state index is 0.344. The van der Waals surface area contributed by atoms with Crippen LogP contribution in [-0.2, 0) is 5.41 Å². The molecule has 0 unspecified atom stereocenters. The lowest BCUT2D eigenvalue weighted by Gasteiger charge is -2.39. The maximum absolute atomic E-state index is 9.04. The summed E-state index contributed by atoms with van der Waals surface area (Å²) >= 11 is 0. The van der Waals surface area contributed by atoms with E-state index >= 15 is 0 Å². The molecule has 0 saturated carbocycles. The largest absolute Gasteiger partial charge is 0.457 e. The van der Waals surface area contributed by atoms with Crippen molar-refractivity contribution >= 4 is 22.2 Å². The second-order valence-corrected chi connectivity index (χ2v) is 10.8. The van der Waals surface area contributed by atoms with E-state index in [2.05, 4.69) is 78.9 Å². The summed E-state index contributed by atoms with van der Waals surface area (Å²) in [7, 11) is 0. The highest BCUT2D eigenvalue weighted by Gasteiger charge is 2.50. The lowest BCUT2D eigenvalue weighted by molar-refractivity contribution is 0.436. The number of hydrogen-bond acceptors (Lipinski definition) is 3. The Balaban J connectivity index is 1.26. The first-order valence-electron chi connectivity index (χ1n) is 14.1. The summed E-state index contributed by atoms with van der Waals surface area (Å²) < 4.78 is 6.50. The van der Waals surface area contributed by atoms with Crippen molar-refractivity contribution in [2.24, 2.45) is 0 Å². The van der Waals surface area contributed by atoms with Crippen LogP contribution in [-0.4, -0.2) is 11.4 Å². The average Bonchev–Trinajstić information content (AvgIpc) is 3.34. The van der Waals surface area contributed by atoms with Crippen LogP contribution in [0.2, 0.25) is 0 Å². The van der Waals surface area contributed by atoms with Gasteiger partial charge in [0.1, 0.15) is 11.5 Å². The van der Waals surface area contributed by atoms with E-state index in [0.29, 0.717) is 11.4 Å². The second kappa shape index (κ2) is 9.25. The van der Waals surface area contributed by atoms with Crippen LogP contribution in [0.25, 0.3) is 21.9 Å². The fourth-order valence-corrected chi connectivity index (χ4v) is 6.84. The molecule has 3 nitrogen and oxygen atoms in total. The van der Waals surface area contributed by atoms with Crippen molar-refractivity contribution in [1.29, 1.82) is 10.8 Å². The van der Waals surface area contributed by atoms with Crippen molar-refractivity contribution in [3.63, 3.8) is 0 Å². The molecule has 0 fully saturated rings. The van der Waals surface area contributed by atoms with Gasteiger partial charge < -0.3 is 15.6 Å². The lowest BCUT2D eigenvalue weighted by Crippen LogP contribution is -2.32. The molecule has 3 heteroatoms. The van der Waals surface area contributed by atoms with Crippen molar-refractivity contribution in [2.75, 3.05) is 0 Å². The highest BCUT2D eigenvalue weighted by Crippen LogP contribution is 2.61. The van der Waals surface area contributed by atoms with E-state index in [9.17, 15) is 0 Å². The number of hydrogen-bond donors (Lipinski definition) is 2. The fraction of sp³-hybridized carbons (Fsp3) is 0.0256. The van der Waals surface area contributed by atoms with Crippen LogP contribution in [0.3, 0.4) is 0 Å². The zero-order valence-electron chi connectivity index (χ0n) is 22.8. The van der Waals surface area contributed by atoms with Crippen LogP contribution >= 0.6 is 0 Å². The molecule has 8 rings (SSSR count). The first-order chi connectivity index (χ1) is 20.7. The number of benzene rings is 6. The van der Waals surface area contributed by atoms with E-state index in [0.717, 1.165) is 44.5 Å². The van der Waals surface area contributed by atoms with Crippen LogP contribution in [0.15, 0.2) is 146 Å². The number of nitrogens with one attached hydrogen (secondary N) is 2. The molecule has 6 aromatic carbocycles. The molecular weight excluding hydrogens is 512 g/mol. The lowest BCUT2D eigenvalue weighted by atomic mass is 9.66. The number of ether oxygens (including phenoxy) is 1. The maximum atomic E-state index is 9.04. The summed E-state index contributed by atoms with van der Waals surface area (Å²) in [5, 5.41) is 20.0. The van der Waals surface area contributed by atoms with Gasteiger partial charge in [0.25, 0.3) is 0 Å². The fourth-order valence-electron chi connectivity index (χ4n) is 6.84. The predicted octanol–water partition coefficient (Wildman–Crippen LogP) is 9.30. The van der Waals surface area contributed by atoms with E-state index in [1.165, 1.54) is 22.3 Å². The average molecular weight is 539 g/mol. The van der Waals surface area contributed by atoms with Gasteiger partial charge in [0.15, 0.2) is 0 Å². The molecule has 0 saturated heterocycles. The van der Waals surface area contributed by atoms with Gasteiger partial charge in [0.05, 0.1) is 16.8 Å². The molecule has 0 aromatic heterocycles. The summed E-state index contributed by atoms with van der Waals surface area (Å²) in [4.78, 5) is 0. The molecule has 2 aliphatic rings. The third-order valence-electron chi connectivity index (χ3n) is 8.65. The minimum Gasteiger partial charge on any atom is -0.457 e. The maximum Gasteiger partial charge on any atom is 0.132 e. The van der Waals surface area contributed by atoms with Gasteiger partial charge in [-0.2, -0.15) is 0 Å². The topological polar surface area (TPSA) is 56.9 Å². The zero-order chi connectivity index (χ0) is 28.3. The molecular formula is C39H26N2O. The monoisotopic (exact) mass is 538 g/mol. The molecule has 42 heavy (non-hydrogen) atoms. The normalized spacial score (nSPS) is 13.7. The first kappa shape index (κ1) is 24.3. The van der Waals surface area contributed by atoms with Gasteiger partial charge in [-0.15, -0.1) is 0 Å². The third kappa shape index (κ3) is 3.40. The highest BCUT2D eigenvalue weighted by molar-refractivity contribution is 6.18. The smallest absolute Gasteiger partial charge is 0.132 e. The molecule has 1 heterocycles. The summed E-state index contributed by atoms with van der Waals surface area (Å²) in [6.45, 7) is 0. The molecule has 198 valence electrons. The first-order valence-corrected chi connectivity index (χ1v) is 14.1.